The Bertz CT molecular complexity index is 264. The van der Waals surface area contributed by atoms with Crippen LogP contribution in [0.15, 0.2) is 24.3 Å². The molecule has 0 aromatic heterocycles. The summed E-state index contributed by atoms with van der Waals surface area (Å²) in [6.07, 6.45) is 0. The molecule has 1 fully saturated rings. The lowest BCUT2D eigenvalue weighted by Gasteiger charge is -2.26. The molecule has 1 aliphatic rings. The van der Waals surface area contributed by atoms with Crippen molar-refractivity contribution >= 4 is 11.8 Å². The quantitative estimate of drug-likeness (QED) is 0.790. The van der Waals surface area contributed by atoms with Crippen molar-refractivity contribution in [3.05, 3.63) is 35.4 Å². The van der Waals surface area contributed by atoms with E-state index >= 15 is 0 Å². The zero-order valence-corrected chi connectivity index (χ0v) is 8.73. The predicted octanol–water partition coefficient (Wildman–Crippen LogP) is 2.20. The van der Waals surface area contributed by atoms with E-state index in [0.717, 1.165) is 11.0 Å². The van der Waals surface area contributed by atoms with Crippen LogP contribution in [-0.2, 0) is 5.75 Å². The molecule has 1 saturated heterocycles. The maximum atomic E-state index is 3.29. The normalized spacial score (nSPS) is 17.0. The van der Waals surface area contributed by atoms with Crippen molar-refractivity contribution in [3.8, 4) is 0 Å². The Hall–Kier alpha value is -0.470. The fourth-order valence-electron chi connectivity index (χ4n) is 1.28. The Labute approximate surface area is 83.9 Å². The highest BCUT2D eigenvalue weighted by atomic mass is 32.2. The molecule has 0 amide bonds. The standard InChI is InChI=1S/C11H15NS/c1-9-2-4-10(5-3-9)8-13-11-6-12-7-11/h2-5,11-12H,6-8H2,1H3. The van der Waals surface area contributed by atoms with Crippen LogP contribution in [0.5, 0.6) is 0 Å². The van der Waals surface area contributed by atoms with Crippen LogP contribution in [0, 0.1) is 6.92 Å². The second kappa shape index (κ2) is 4.16. The molecule has 0 bridgehead atoms. The maximum absolute atomic E-state index is 3.29. The highest BCUT2D eigenvalue weighted by Gasteiger charge is 2.16. The van der Waals surface area contributed by atoms with Crippen LogP contribution < -0.4 is 5.32 Å². The number of rotatable bonds is 3. The highest BCUT2D eigenvalue weighted by molar-refractivity contribution is 7.99. The highest BCUT2D eigenvalue weighted by Crippen LogP contribution is 2.20. The number of nitrogens with one attached hydrogen (secondary N) is 1. The number of hydrogen-bond donors (Lipinski definition) is 1. The topological polar surface area (TPSA) is 12.0 Å². The lowest BCUT2D eigenvalue weighted by molar-refractivity contribution is 0.543. The van der Waals surface area contributed by atoms with Gasteiger partial charge in [-0.3, -0.25) is 0 Å². The number of hydrogen-bond acceptors (Lipinski definition) is 2. The first-order chi connectivity index (χ1) is 6.34. The van der Waals surface area contributed by atoms with E-state index in [2.05, 4.69) is 48.3 Å². The van der Waals surface area contributed by atoms with Crippen molar-refractivity contribution in [2.75, 3.05) is 13.1 Å². The van der Waals surface area contributed by atoms with Crippen LogP contribution >= 0.6 is 11.8 Å². The maximum Gasteiger partial charge on any atom is 0.0300 e. The molecule has 0 spiro atoms. The summed E-state index contributed by atoms with van der Waals surface area (Å²) in [5.74, 6) is 1.16. The summed E-state index contributed by atoms with van der Waals surface area (Å²) in [6.45, 7) is 4.51. The molecule has 0 unspecified atom stereocenters. The number of aryl methyl sites for hydroxylation is 1. The molecule has 2 heteroatoms. The third-order valence-corrected chi connectivity index (χ3v) is 3.66. The van der Waals surface area contributed by atoms with E-state index in [-0.39, 0.29) is 0 Å². The zero-order valence-electron chi connectivity index (χ0n) is 7.92. The largest absolute Gasteiger partial charge is 0.314 e. The molecule has 0 saturated carbocycles. The Morgan fingerprint density at radius 1 is 1.31 bits per heavy atom. The van der Waals surface area contributed by atoms with E-state index in [1.807, 2.05) is 0 Å². The van der Waals surface area contributed by atoms with E-state index in [9.17, 15) is 0 Å². The summed E-state index contributed by atoms with van der Waals surface area (Å²) in [6, 6.07) is 8.84. The second-order valence-corrected chi connectivity index (χ2v) is 4.87. The first kappa shape index (κ1) is 9.10. The van der Waals surface area contributed by atoms with Gasteiger partial charge in [0, 0.05) is 24.1 Å². The Kier molecular flexibility index (Phi) is 2.91. The number of benzene rings is 1. The molecule has 2 rings (SSSR count). The average Bonchev–Trinajstić information content (AvgIpc) is 2.05. The molecule has 70 valence electrons. The lowest BCUT2D eigenvalue weighted by atomic mass is 10.2. The summed E-state index contributed by atoms with van der Waals surface area (Å²) >= 11 is 2.06. The molecular formula is C11H15NS. The van der Waals surface area contributed by atoms with Crippen molar-refractivity contribution in [2.45, 2.75) is 17.9 Å². The van der Waals surface area contributed by atoms with Crippen molar-refractivity contribution in [3.63, 3.8) is 0 Å². The molecule has 0 aliphatic carbocycles. The summed E-state index contributed by atoms with van der Waals surface area (Å²) in [4.78, 5) is 0. The molecule has 0 atom stereocenters. The van der Waals surface area contributed by atoms with Gasteiger partial charge in [0.25, 0.3) is 0 Å². The van der Waals surface area contributed by atoms with Gasteiger partial charge in [0.1, 0.15) is 0 Å². The van der Waals surface area contributed by atoms with Crippen molar-refractivity contribution < 1.29 is 0 Å². The van der Waals surface area contributed by atoms with Gasteiger partial charge in [0.2, 0.25) is 0 Å². The van der Waals surface area contributed by atoms with Gasteiger partial charge in [-0.15, -0.1) is 0 Å². The van der Waals surface area contributed by atoms with Gasteiger partial charge in [-0.2, -0.15) is 11.8 Å². The van der Waals surface area contributed by atoms with Crippen LogP contribution in [-0.4, -0.2) is 18.3 Å². The summed E-state index contributed by atoms with van der Waals surface area (Å²) < 4.78 is 0. The van der Waals surface area contributed by atoms with Gasteiger partial charge in [0.15, 0.2) is 0 Å². The SMILES string of the molecule is Cc1ccc(CSC2CNC2)cc1. The van der Waals surface area contributed by atoms with E-state index in [1.165, 1.54) is 24.2 Å². The predicted molar refractivity (Wildman–Crippen MR) is 59.1 cm³/mol. The lowest BCUT2D eigenvalue weighted by Crippen LogP contribution is -2.44. The molecule has 1 heterocycles. The summed E-state index contributed by atoms with van der Waals surface area (Å²) in [5, 5.41) is 4.13. The third-order valence-electron chi connectivity index (χ3n) is 2.35. The molecule has 1 nitrogen and oxygen atoms in total. The average molecular weight is 193 g/mol. The molecular weight excluding hydrogens is 178 g/mol. The number of thioether (sulfide) groups is 1. The minimum atomic E-state index is 0.848. The first-order valence-electron chi connectivity index (χ1n) is 4.72. The minimum Gasteiger partial charge on any atom is -0.314 e. The Balaban J connectivity index is 1.83. The molecule has 13 heavy (non-hydrogen) atoms. The first-order valence-corrected chi connectivity index (χ1v) is 5.77. The van der Waals surface area contributed by atoms with Gasteiger partial charge in [0.05, 0.1) is 0 Å². The fraction of sp³-hybridized carbons (Fsp3) is 0.455. The summed E-state index contributed by atoms with van der Waals surface area (Å²) in [7, 11) is 0. The monoisotopic (exact) mass is 193 g/mol. The van der Waals surface area contributed by atoms with Gasteiger partial charge in [-0.25, -0.2) is 0 Å². The molecule has 1 aromatic rings. The fourth-order valence-corrected chi connectivity index (χ4v) is 2.37. The van der Waals surface area contributed by atoms with Crippen LogP contribution in [0.4, 0.5) is 0 Å². The van der Waals surface area contributed by atoms with Crippen LogP contribution in [0.2, 0.25) is 0 Å². The third kappa shape index (κ3) is 2.48. The minimum absolute atomic E-state index is 0.848. The smallest absolute Gasteiger partial charge is 0.0300 e. The second-order valence-electron chi connectivity index (χ2n) is 3.58. The van der Waals surface area contributed by atoms with Gasteiger partial charge in [-0.05, 0) is 12.5 Å². The van der Waals surface area contributed by atoms with E-state index < -0.39 is 0 Å². The van der Waals surface area contributed by atoms with Crippen LogP contribution in [0.1, 0.15) is 11.1 Å². The van der Waals surface area contributed by atoms with E-state index in [0.29, 0.717) is 0 Å². The molecule has 1 aliphatic heterocycles. The van der Waals surface area contributed by atoms with Gasteiger partial charge < -0.3 is 5.32 Å². The van der Waals surface area contributed by atoms with Crippen molar-refractivity contribution in [1.29, 1.82) is 0 Å². The van der Waals surface area contributed by atoms with Crippen LogP contribution in [0.3, 0.4) is 0 Å². The summed E-state index contributed by atoms with van der Waals surface area (Å²) in [5.41, 5.74) is 2.79. The molecule has 1 aromatic carbocycles. The van der Waals surface area contributed by atoms with E-state index in [4.69, 9.17) is 0 Å². The van der Waals surface area contributed by atoms with E-state index in [1.54, 1.807) is 0 Å². The van der Waals surface area contributed by atoms with Crippen LogP contribution in [0.25, 0.3) is 0 Å². The Morgan fingerprint density at radius 3 is 2.54 bits per heavy atom. The van der Waals surface area contributed by atoms with Gasteiger partial charge >= 0.3 is 0 Å². The Morgan fingerprint density at radius 2 is 2.00 bits per heavy atom. The van der Waals surface area contributed by atoms with Gasteiger partial charge in [-0.1, -0.05) is 29.8 Å². The molecule has 0 radical (unpaired) electrons. The van der Waals surface area contributed by atoms with Crippen molar-refractivity contribution in [2.24, 2.45) is 0 Å². The van der Waals surface area contributed by atoms with Crippen molar-refractivity contribution in [1.82, 2.24) is 5.32 Å². The molecule has 1 N–H and O–H groups in total. The zero-order chi connectivity index (χ0) is 9.10.